The Labute approximate surface area is 127 Å². The summed E-state index contributed by atoms with van der Waals surface area (Å²) in [6.07, 6.45) is 0.788. The number of rotatable bonds is 2. The molecular weight excluding hydrogens is 280 g/mol. The minimum atomic E-state index is -1.55. The van der Waals surface area contributed by atoms with Crippen LogP contribution in [0.15, 0.2) is 0 Å². The van der Waals surface area contributed by atoms with Gasteiger partial charge in [-0.05, 0) is 37.5 Å². The van der Waals surface area contributed by atoms with Crippen molar-refractivity contribution in [1.29, 1.82) is 0 Å². The Hall–Kier alpha value is -1.86. The highest BCUT2D eigenvalue weighted by Gasteiger charge is 2.21. The van der Waals surface area contributed by atoms with Crippen molar-refractivity contribution >= 4 is 20.3 Å². The summed E-state index contributed by atoms with van der Waals surface area (Å²) in [6, 6.07) is 0. The minimum absolute atomic E-state index is 0.427. The van der Waals surface area contributed by atoms with Crippen LogP contribution in [0.4, 0.5) is 0 Å². The number of ether oxygens (including phenoxy) is 1. The largest absolute Gasteiger partial charge is 0.465 e. The molecule has 0 atom stereocenters. The first-order chi connectivity index (χ1) is 9.64. The third-order valence-corrected chi connectivity index (χ3v) is 4.25. The molecule has 0 unspecified atom stereocenters. The third kappa shape index (κ3) is 3.62. The predicted octanol–water partition coefficient (Wildman–Crippen LogP) is 3.44. The number of hydrogen-bond donors (Lipinski definition) is 0. The van der Waals surface area contributed by atoms with Crippen molar-refractivity contribution < 1.29 is 14.3 Å². The van der Waals surface area contributed by atoms with Crippen LogP contribution in [0.25, 0.3) is 0 Å². The summed E-state index contributed by atoms with van der Waals surface area (Å²) < 4.78 is 4.84. The van der Waals surface area contributed by atoms with Gasteiger partial charge >= 0.3 is 5.97 Å². The first-order valence-corrected chi connectivity index (χ1v) is 10.3. The monoisotopic (exact) mass is 302 g/mol. The maximum atomic E-state index is 12.0. The molecule has 3 nitrogen and oxygen atoms in total. The molecular formula is C17H22O3Si. The van der Waals surface area contributed by atoms with Crippen LogP contribution in [0.3, 0.4) is 0 Å². The van der Waals surface area contributed by atoms with Gasteiger partial charge in [0.2, 0.25) is 0 Å². The lowest BCUT2D eigenvalue weighted by Gasteiger charge is -2.16. The molecule has 0 spiro atoms. The highest BCUT2D eigenvalue weighted by atomic mass is 28.3. The zero-order valence-electron chi connectivity index (χ0n) is 13.8. The molecule has 0 aliphatic heterocycles. The van der Waals surface area contributed by atoms with E-state index < -0.39 is 14.0 Å². The molecule has 0 saturated heterocycles. The molecule has 0 fully saturated rings. The molecule has 1 aromatic carbocycles. The van der Waals surface area contributed by atoms with Crippen molar-refractivity contribution in [3.05, 3.63) is 33.4 Å². The topological polar surface area (TPSA) is 43.4 Å². The lowest BCUT2D eigenvalue weighted by molar-refractivity contribution is 0.0599. The lowest BCUT2D eigenvalue weighted by atomic mass is 9.89. The van der Waals surface area contributed by atoms with Crippen LogP contribution in [0, 0.1) is 32.2 Å². The highest BCUT2D eigenvalue weighted by Crippen LogP contribution is 2.26. The number of benzene rings is 1. The van der Waals surface area contributed by atoms with E-state index >= 15 is 0 Å². The van der Waals surface area contributed by atoms with E-state index in [0.29, 0.717) is 16.7 Å². The molecule has 0 amide bonds. The Morgan fingerprint density at radius 2 is 1.67 bits per heavy atom. The van der Waals surface area contributed by atoms with E-state index in [4.69, 9.17) is 4.74 Å². The molecule has 1 aromatic rings. The number of carbonyl (C=O) groups excluding carboxylic acids is 2. The Morgan fingerprint density at radius 3 is 2.10 bits per heavy atom. The fourth-order valence-corrected chi connectivity index (χ4v) is 2.76. The van der Waals surface area contributed by atoms with Crippen molar-refractivity contribution in [3.8, 4) is 11.5 Å². The zero-order valence-corrected chi connectivity index (χ0v) is 14.8. The van der Waals surface area contributed by atoms with Crippen LogP contribution < -0.4 is 0 Å². The fraction of sp³-hybridized carbons (Fsp3) is 0.412. The highest BCUT2D eigenvalue weighted by molar-refractivity contribution is 6.83. The van der Waals surface area contributed by atoms with Crippen LogP contribution >= 0.6 is 0 Å². The van der Waals surface area contributed by atoms with Gasteiger partial charge in [0.15, 0.2) is 6.29 Å². The van der Waals surface area contributed by atoms with Gasteiger partial charge in [0.1, 0.15) is 8.07 Å². The second-order valence-corrected chi connectivity index (χ2v) is 10.9. The third-order valence-electron chi connectivity index (χ3n) is 3.38. The standard InChI is InChI=1S/C17H22O3Si/c1-11-14(8-9-21(5,6)7)12(2)16(17(19)20-4)13(3)15(11)10-18/h10H,1-7H3. The number of aldehydes is 1. The van der Waals surface area contributed by atoms with Crippen molar-refractivity contribution in [2.24, 2.45) is 0 Å². The molecule has 0 saturated carbocycles. The van der Waals surface area contributed by atoms with Crippen LogP contribution in [-0.2, 0) is 4.74 Å². The summed E-state index contributed by atoms with van der Waals surface area (Å²) in [4.78, 5) is 23.4. The maximum Gasteiger partial charge on any atom is 0.338 e. The average molecular weight is 302 g/mol. The van der Waals surface area contributed by atoms with E-state index in [1.807, 2.05) is 13.8 Å². The fourth-order valence-electron chi connectivity index (χ4n) is 2.26. The Balaban J connectivity index is 3.76. The minimum Gasteiger partial charge on any atom is -0.465 e. The van der Waals surface area contributed by atoms with E-state index in [-0.39, 0.29) is 0 Å². The van der Waals surface area contributed by atoms with Crippen molar-refractivity contribution in [2.45, 2.75) is 40.4 Å². The van der Waals surface area contributed by atoms with Crippen LogP contribution in [0.2, 0.25) is 19.6 Å². The van der Waals surface area contributed by atoms with Crippen molar-refractivity contribution in [3.63, 3.8) is 0 Å². The van der Waals surface area contributed by atoms with Crippen molar-refractivity contribution in [2.75, 3.05) is 7.11 Å². The second-order valence-electron chi connectivity index (χ2n) is 6.15. The van der Waals surface area contributed by atoms with Gasteiger partial charge in [0, 0.05) is 11.1 Å². The second kappa shape index (κ2) is 6.27. The number of carbonyl (C=O) groups is 2. The quantitative estimate of drug-likeness (QED) is 0.364. The van der Waals surface area contributed by atoms with Gasteiger partial charge in [-0.3, -0.25) is 4.79 Å². The van der Waals surface area contributed by atoms with E-state index in [1.165, 1.54) is 7.11 Å². The number of esters is 1. The predicted molar refractivity (Wildman–Crippen MR) is 87.6 cm³/mol. The summed E-state index contributed by atoms with van der Waals surface area (Å²) in [6.45, 7) is 12.0. The average Bonchev–Trinajstić information content (AvgIpc) is 2.37. The summed E-state index contributed by atoms with van der Waals surface area (Å²) >= 11 is 0. The molecule has 4 heteroatoms. The molecule has 0 aromatic heterocycles. The molecule has 21 heavy (non-hydrogen) atoms. The molecule has 0 heterocycles. The molecule has 0 aliphatic rings. The van der Waals surface area contributed by atoms with Gasteiger partial charge in [0.25, 0.3) is 0 Å². The van der Waals surface area contributed by atoms with Gasteiger partial charge in [0.05, 0.1) is 12.7 Å². The van der Waals surface area contributed by atoms with Crippen molar-refractivity contribution in [1.82, 2.24) is 0 Å². The summed E-state index contributed by atoms with van der Waals surface area (Å²) in [5.41, 5.74) is 7.32. The Kier molecular flexibility index (Phi) is 5.14. The SMILES string of the molecule is COC(=O)c1c(C)c(C#C[Si](C)(C)C)c(C)c(C=O)c1C. The summed E-state index contributed by atoms with van der Waals surface area (Å²) in [5, 5.41) is 0. The number of hydrogen-bond acceptors (Lipinski definition) is 3. The molecule has 0 bridgehead atoms. The summed E-state index contributed by atoms with van der Waals surface area (Å²) in [5.74, 6) is 2.76. The van der Waals surface area contributed by atoms with Gasteiger partial charge < -0.3 is 4.74 Å². The van der Waals surface area contributed by atoms with Crippen LogP contribution in [0.1, 0.15) is 43.0 Å². The van der Waals surface area contributed by atoms with E-state index in [1.54, 1.807) is 6.92 Å². The molecule has 0 aliphatic carbocycles. The smallest absolute Gasteiger partial charge is 0.338 e. The van der Waals surface area contributed by atoms with Crippen LogP contribution in [-0.4, -0.2) is 27.4 Å². The Morgan fingerprint density at radius 1 is 1.10 bits per heavy atom. The van der Waals surface area contributed by atoms with Gasteiger partial charge in [-0.2, -0.15) is 0 Å². The van der Waals surface area contributed by atoms with Gasteiger partial charge in [-0.1, -0.05) is 25.6 Å². The number of methoxy groups -OCH3 is 1. The molecule has 112 valence electrons. The molecule has 1 rings (SSSR count). The zero-order chi connectivity index (χ0) is 16.4. The maximum absolute atomic E-state index is 12.0. The Bertz CT molecular complexity index is 656. The first-order valence-electron chi connectivity index (χ1n) is 6.84. The van der Waals surface area contributed by atoms with E-state index in [0.717, 1.165) is 23.0 Å². The first kappa shape index (κ1) is 17.2. The van der Waals surface area contributed by atoms with E-state index in [9.17, 15) is 9.59 Å². The van der Waals surface area contributed by atoms with Gasteiger partial charge in [-0.25, -0.2) is 4.79 Å². The van der Waals surface area contributed by atoms with Gasteiger partial charge in [-0.15, -0.1) is 5.54 Å². The molecule has 0 N–H and O–H groups in total. The van der Waals surface area contributed by atoms with Crippen LogP contribution in [0.5, 0.6) is 0 Å². The summed E-state index contributed by atoms with van der Waals surface area (Å²) in [7, 11) is -0.203. The normalized spacial score (nSPS) is 10.6. The lowest BCUT2D eigenvalue weighted by Crippen LogP contribution is -2.17. The van der Waals surface area contributed by atoms with E-state index in [2.05, 4.69) is 31.1 Å². The molecule has 0 radical (unpaired) electrons.